The van der Waals surface area contributed by atoms with Crippen LogP contribution < -0.4 is 5.11 Å². The first-order valence-electron chi connectivity index (χ1n) is 5.52. The van der Waals surface area contributed by atoms with Crippen LogP contribution in [0, 0.1) is 0 Å². The van der Waals surface area contributed by atoms with E-state index < -0.39 is 6.36 Å². The van der Waals surface area contributed by atoms with Crippen LogP contribution >= 0.6 is 0 Å². The molecule has 102 valence electrons. The zero-order valence-corrected chi connectivity index (χ0v) is 10.7. The molecular weight excluding hydrogens is 235 g/mol. The van der Waals surface area contributed by atoms with Gasteiger partial charge in [0, 0.05) is 0 Å². The van der Waals surface area contributed by atoms with Gasteiger partial charge in [0.25, 0.3) is 0 Å². The third-order valence-electron chi connectivity index (χ3n) is 2.50. The van der Waals surface area contributed by atoms with Crippen molar-refractivity contribution in [1.82, 2.24) is 9.80 Å². The highest BCUT2D eigenvalue weighted by molar-refractivity contribution is 5.75. The summed E-state index contributed by atoms with van der Waals surface area (Å²) in [7, 11) is 4.33. The van der Waals surface area contributed by atoms with Crippen molar-refractivity contribution in [3.63, 3.8) is 0 Å². The van der Waals surface area contributed by atoms with Gasteiger partial charge in [-0.2, -0.15) is 13.2 Å². The normalized spacial score (nSPS) is 15.9. The Morgan fingerprint density at radius 1 is 1.35 bits per heavy atom. The zero-order chi connectivity index (χ0) is 13.6. The predicted molar refractivity (Wildman–Crippen MR) is 57.7 cm³/mol. The van der Waals surface area contributed by atoms with Crippen molar-refractivity contribution in [1.29, 1.82) is 0 Å². The van der Waals surface area contributed by atoms with Crippen LogP contribution in [0.3, 0.4) is 0 Å². The molecule has 0 aromatic rings. The lowest BCUT2D eigenvalue weighted by atomic mass is 10.5. The lowest BCUT2D eigenvalue weighted by Crippen LogP contribution is -2.42. The topological polar surface area (TPSA) is 32.5 Å². The van der Waals surface area contributed by atoms with Gasteiger partial charge in [-0.25, -0.2) is 0 Å². The second-order valence-corrected chi connectivity index (χ2v) is 3.76. The van der Waals surface area contributed by atoms with E-state index >= 15 is 0 Å². The van der Waals surface area contributed by atoms with Gasteiger partial charge in [-0.05, 0) is 13.8 Å². The maximum atomic E-state index is 9.80. The van der Waals surface area contributed by atoms with Crippen LogP contribution in [-0.2, 0) is 0 Å². The molecule has 0 aliphatic carbocycles. The molecular formula is C10H20F3N3O. The minimum absolute atomic E-state index is 1.10. The second-order valence-electron chi connectivity index (χ2n) is 3.76. The van der Waals surface area contributed by atoms with Gasteiger partial charge in [0.15, 0.2) is 0 Å². The molecule has 1 aliphatic rings. The van der Waals surface area contributed by atoms with Gasteiger partial charge in [-0.3, -0.25) is 14.4 Å². The van der Waals surface area contributed by atoms with Crippen molar-refractivity contribution < 1.29 is 22.9 Å². The number of nitrogens with zero attached hydrogens (tertiary/aromatic N) is 3. The fraction of sp³-hybridized carbons (Fsp3) is 0.900. The molecule has 0 aromatic heterocycles. The molecule has 1 aliphatic heterocycles. The molecule has 0 atom stereocenters. The van der Waals surface area contributed by atoms with Crippen molar-refractivity contribution in [3.05, 3.63) is 0 Å². The van der Waals surface area contributed by atoms with Crippen LogP contribution in [0.25, 0.3) is 0 Å². The summed E-state index contributed by atoms with van der Waals surface area (Å²) >= 11 is 0. The molecule has 0 bridgehead atoms. The molecule has 0 unspecified atom stereocenters. The van der Waals surface area contributed by atoms with Crippen LogP contribution in [0.15, 0.2) is 0 Å². The van der Waals surface area contributed by atoms with E-state index in [1.54, 1.807) is 0 Å². The number of halogens is 3. The molecule has 17 heavy (non-hydrogen) atoms. The monoisotopic (exact) mass is 255 g/mol. The molecule has 7 heteroatoms. The minimum Gasteiger partial charge on any atom is -0.771 e. The lowest BCUT2D eigenvalue weighted by Gasteiger charge is -2.19. The van der Waals surface area contributed by atoms with Crippen LogP contribution in [0.4, 0.5) is 13.2 Å². The Labute approximate surface area is 99.9 Å². The maximum absolute atomic E-state index is 9.80. The molecule has 0 saturated carbocycles. The Morgan fingerprint density at radius 2 is 1.76 bits per heavy atom. The standard InChI is InChI=1S/C9H20N3.CF3O/c1-5-12(6-2)9-10(3)7-8-11(9)4;2-1(3,4)5/h5-8H2,1-4H3;/q+1;-1. The predicted octanol–water partition coefficient (Wildman–Crippen LogP) is 0.138. The summed E-state index contributed by atoms with van der Waals surface area (Å²) in [4.78, 5) is 4.72. The molecule has 0 N–H and O–H groups in total. The average Bonchev–Trinajstić information content (AvgIpc) is 2.49. The highest BCUT2D eigenvalue weighted by atomic mass is 19.4. The summed E-state index contributed by atoms with van der Waals surface area (Å²) in [6.07, 6.45) is -5.25. The molecule has 0 saturated heterocycles. The number of guanidine groups is 1. The highest BCUT2D eigenvalue weighted by Gasteiger charge is 2.28. The summed E-state index contributed by atoms with van der Waals surface area (Å²) in [5, 5.41) is 8.10. The number of hydrogen-bond acceptors (Lipinski definition) is 3. The van der Waals surface area contributed by atoms with Crippen molar-refractivity contribution in [2.45, 2.75) is 20.2 Å². The molecule has 0 spiro atoms. The smallest absolute Gasteiger partial charge is 0.350 e. The third-order valence-corrected chi connectivity index (χ3v) is 2.50. The molecule has 0 fully saturated rings. The molecule has 4 nitrogen and oxygen atoms in total. The van der Waals surface area contributed by atoms with Crippen LogP contribution in [0.2, 0.25) is 0 Å². The number of hydrogen-bond donors (Lipinski definition) is 0. The summed E-state index contributed by atoms with van der Waals surface area (Å²) < 4.78 is 31.7. The Bertz CT molecular complexity index is 256. The largest absolute Gasteiger partial charge is 0.771 e. The zero-order valence-electron chi connectivity index (χ0n) is 10.7. The van der Waals surface area contributed by atoms with Crippen LogP contribution in [0.5, 0.6) is 0 Å². The van der Waals surface area contributed by atoms with Gasteiger partial charge in [-0.15, -0.1) is 0 Å². The van der Waals surface area contributed by atoms with E-state index in [4.69, 9.17) is 5.11 Å². The van der Waals surface area contributed by atoms with E-state index in [0.29, 0.717) is 0 Å². The second kappa shape index (κ2) is 6.68. The van der Waals surface area contributed by atoms with E-state index in [1.807, 2.05) is 0 Å². The Morgan fingerprint density at radius 3 is 2.00 bits per heavy atom. The first kappa shape index (κ1) is 16.0. The van der Waals surface area contributed by atoms with Crippen molar-refractivity contribution in [2.75, 3.05) is 40.3 Å². The van der Waals surface area contributed by atoms with Crippen molar-refractivity contribution in [2.24, 2.45) is 0 Å². The number of likely N-dealkylation sites (N-methyl/N-ethyl adjacent to an activating group) is 2. The minimum atomic E-state index is -5.25. The highest BCUT2D eigenvalue weighted by Crippen LogP contribution is 2.02. The Hall–Kier alpha value is -0.980. The first-order chi connectivity index (χ1) is 7.70. The van der Waals surface area contributed by atoms with Crippen LogP contribution in [0.1, 0.15) is 13.8 Å². The number of rotatable bonds is 2. The van der Waals surface area contributed by atoms with Gasteiger partial charge in [0.1, 0.15) is 0 Å². The molecule has 0 aromatic carbocycles. The lowest BCUT2D eigenvalue weighted by molar-refractivity contribution is -0.618. The summed E-state index contributed by atoms with van der Waals surface area (Å²) in [6, 6.07) is 0. The average molecular weight is 255 g/mol. The summed E-state index contributed by atoms with van der Waals surface area (Å²) in [6.45, 7) is 8.92. The molecule has 1 heterocycles. The number of alkyl halides is 3. The van der Waals surface area contributed by atoms with Crippen molar-refractivity contribution in [3.8, 4) is 0 Å². The summed E-state index contributed by atoms with van der Waals surface area (Å²) in [5.41, 5.74) is 0. The molecule has 1 rings (SSSR count). The van der Waals surface area contributed by atoms with E-state index in [2.05, 4.69) is 42.3 Å². The maximum Gasteiger partial charge on any atom is 0.350 e. The van der Waals surface area contributed by atoms with E-state index in [9.17, 15) is 13.2 Å². The molecule has 0 radical (unpaired) electrons. The van der Waals surface area contributed by atoms with Gasteiger partial charge in [0.2, 0.25) is 0 Å². The van der Waals surface area contributed by atoms with Gasteiger partial charge in [0.05, 0.1) is 40.3 Å². The Kier molecular flexibility index (Phi) is 6.30. The van der Waals surface area contributed by atoms with Gasteiger partial charge < -0.3 is 5.11 Å². The third kappa shape index (κ3) is 6.35. The van der Waals surface area contributed by atoms with E-state index in [-0.39, 0.29) is 0 Å². The quantitative estimate of drug-likeness (QED) is 0.658. The fourth-order valence-electron chi connectivity index (χ4n) is 1.78. The van der Waals surface area contributed by atoms with E-state index in [1.165, 1.54) is 5.96 Å². The fourth-order valence-corrected chi connectivity index (χ4v) is 1.78. The van der Waals surface area contributed by atoms with E-state index in [0.717, 1.165) is 26.2 Å². The van der Waals surface area contributed by atoms with Gasteiger partial charge >= 0.3 is 12.3 Å². The first-order valence-corrected chi connectivity index (χ1v) is 5.52. The van der Waals surface area contributed by atoms with Crippen LogP contribution in [-0.4, -0.2) is 67.0 Å². The summed E-state index contributed by atoms with van der Waals surface area (Å²) in [5.74, 6) is 1.38. The SMILES string of the molecule is CCN(CC)C1=[N+](C)CCN1C.[O-]C(F)(F)F. The van der Waals surface area contributed by atoms with Crippen molar-refractivity contribution >= 4 is 5.96 Å². The Balaban J connectivity index is 0.000000437. The molecule has 0 amide bonds. The van der Waals surface area contributed by atoms with Gasteiger partial charge in [-0.1, -0.05) is 0 Å².